The fraction of sp³-hybridized carbons (Fsp3) is 0.727. The maximum absolute atomic E-state index is 12.2. The topological polar surface area (TPSA) is 203 Å². The number of ether oxygens (including phenoxy) is 1. The number of likely N-dealkylation sites (tertiary alicyclic amines) is 1. The van der Waals surface area contributed by atoms with Crippen LogP contribution in [0.1, 0.15) is 40.4 Å². The minimum Gasteiger partial charge on any atom is -0.463 e. The van der Waals surface area contributed by atoms with Crippen LogP contribution in [-0.2, 0) is 33.5 Å². The number of hydrogen-bond donors (Lipinski definition) is 5. The molecule has 3 heterocycles. The van der Waals surface area contributed by atoms with Gasteiger partial charge in [-0.05, 0) is 6.42 Å². The molecule has 0 aromatic heterocycles. The summed E-state index contributed by atoms with van der Waals surface area (Å²) in [5, 5.41) is 35.3. The summed E-state index contributed by atoms with van der Waals surface area (Å²) in [6, 6.07) is -1.21. The van der Waals surface area contributed by atoms with Gasteiger partial charge in [0.15, 0.2) is 0 Å². The number of esters is 1. The predicted octanol–water partition coefficient (Wildman–Crippen LogP) is -2.52. The van der Waals surface area contributed by atoms with Gasteiger partial charge in [-0.25, -0.2) is 0 Å². The van der Waals surface area contributed by atoms with Crippen molar-refractivity contribution >= 4 is 57.1 Å². The van der Waals surface area contributed by atoms with E-state index in [0.29, 0.717) is 12.2 Å². The van der Waals surface area contributed by atoms with E-state index in [0.717, 1.165) is 9.80 Å². The SMILES string of the molecule is [3H]C1CC(=O)N(CCNC(=O)CCC(C)SSCCC(=O)OC[C@@H]2[C@@H](O)[C@H](O)[C@H](O)[C@H]3NC(=O)C(=O)N23)C1=O. The highest BCUT2D eigenvalue weighted by molar-refractivity contribution is 8.76. The zero-order valence-corrected chi connectivity index (χ0v) is 22.2. The van der Waals surface area contributed by atoms with Gasteiger partial charge in [0.25, 0.3) is 0 Å². The zero-order chi connectivity index (χ0) is 28.9. The summed E-state index contributed by atoms with van der Waals surface area (Å²) in [6.07, 6.45) is -6.48. The Hall–Kier alpha value is -2.40. The van der Waals surface area contributed by atoms with Crippen molar-refractivity contribution in [3.05, 3.63) is 0 Å². The summed E-state index contributed by atoms with van der Waals surface area (Å²) < 4.78 is 12.6. The number of imide groups is 1. The van der Waals surface area contributed by atoms with Crippen LogP contribution in [0.3, 0.4) is 0 Å². The molecule has 2 unspecified atom stereocenters. The number of fused-ring (bicyclic) bond motifs is 1. The number of aliphatic hydroxyl groups is 3. The molecule has 14 nitrogen and oxygen atoms in total. The molecule has 0 radical (unpaired) electrons. The minimum atomic E-state index is -1.65. The number of carbonyl (C=O) groups excluding carboxylic acids is 6. The van der Waals surface area contributed by atoms with Gasteiger partial charge in [0.2, 0.25) is 17.7 Å². The molecule has 3 saturated heterocycles. The molecular weight excluding hydrogens is 544 g/mol. The third kappa shape index (κ3) is 7.37. The molecule has 5 N–H and O–H groups in total. The molecule has 0 bridgehead atoms. The summed E-state index contributed by atoms with van der Waals surface area (Å²) >= 11 is 0. The van der Waals surface area contributed by atoms with Gasteiger partial charge in [0, 0.05) is 44.7 Å². The van der Waals surface area contributed by atoms with Crippen molar-refractivity contribution in [3.8, 4) is 0 Å². The van der Waals surface area contributed by atoms with Crippen LogP contribution in [0.5, 0.6) is 0 Å². The zero-order valence-electron chi connectivity index (χ0n) is 21.6. The molecule has 0 aromatic rings. The van der Waals surface area contributed by atoms with Crippen molar-refractivity contribution in [2.24, 2.45) is 0 Å². The van der Waals surface area contributed by atoms with Gasteiger partial charge in [-0.3, -0.25) is 33.7 Å². The van der Waals surface area contributed by atoms with Crippen LogP contribution in [-0.4, -0.2) is 122 Å². The lowest BCUT2D eigenvalue weighted by molar-refractivity contribution is -0.181. The average Bonchev–Trinajstić information content (AvgIpc) is 3.32. The van der Waals surface area contributed by atoms with Crippen LogP contribution in [0.2, 0.25) is 0 Å². The molecular formula is C22H32N4O10S2. The maximum atomic E-state index is 12.2. The molecule has 16 heteroatoms. The lowest BCUT2D eigenvalue weighted by Crippen LogP contribution is -2.68. The van der Waals surface area contributed by atoms with Gasteiger partial charge >= 0.3 is 17.8 Å². The van der Waals surface area contributed by atoms with Gasteiger partial charge in [-0.15, -0.1) is 0 Å². The molecule has 0 aliphatic carbocycles. The molecule has 0 spiro atoms. The van der Waals surface area contributed by atoms with Crippen molar-refractivity contribution in [1.29, 1.82) is 0 Å². The van der Waals surface area contributed by atoms with E-state index in [4.69, 9.17) is 6.11 Å². The summed E-state index contributed by atoms with van der Waals surface area (Å²) in [4.78, 5) is 73.2. The minimum absolute atomic E-state index is 0.0144. The highest BCUT2D eigenvalue weighted by Gasteiger charge is 2.55. The van der Waals surface area contributed by atoms with Crippen LogP contribution in [0, 0.1) is 0 Å². The number of nitrogens with zero attached hydrogens (tertiary/aromatic N) is 2. The van der Waals surface area contributed by atoms with E-state index in [1.165, 1.54) is 21.6 Å². The Balaban J connectivity index is 1.28. The standard InChI is InChI=1S/C22H32N4O10S2/c1-11(2-3-13(27)23-7-8-25-14(28)4-5-15(25)29)38-37-9-6-16(30)36-10-12-17(31)18(32)19(33)20-24-21(34)22(35)26(12)20/h11-12,17-20,31-33H,2-10H2,1H3,(H,23,27)(H,24,34)/t11?,12-,17-,18+,19+,20+/m1/s1/i4T/t4?,11?,12-,17-,18+,19+,20+. The molecule has 5 amide bonds. The van der Waals surface area contributed by atoms with E-state index >= 15 is 0 Å². The van der Waals surface area contributed by atoms with Crippen LogP contribution >= 0.6 is 21.6 Å². The highest BCUT2D eigenvalue weighted by atomic mass is 33.1. The molecule has 0 saturated carbocycles. The number of hydrogen-bond acceptors (Lipinski definition) is 12. The Bertz CT molecular complexity index is 990. The quantitative estimate of drug-likeness (QED) is 0.0505. The molecule has 3 rings (SSSR count). The first-order chi connectivity index (χ1) is 18.4. The van der Waals surface area contributed by atoms with Gasteiger partial charge in [0.05, 0.1) is 12.5 Å². The third-order valence-corrected chi connectivity index (χ3v) is 9.24. The van der Waals surface area contributed by atoms with Crippen molar-refractivity contribution in [1.82, 2.24) is 20.4 Å². The monoisotopic (exact) mass is 578 g/mol. The molecule has 212 valence electrons. The Morgan fingerprint density at radius 1 is 1.16 bits per heavy atom. The fourth-order valence-corrected chi connectivity index (χ4v) is 6.46. The van der Waals surface area contributed by atoms with Crippen molar-refractivity contribution < 1.29 is 50.2 Å². The second-order valence-electron chi connectivity index (χ2n) is 9.01. The Kier molecular flexibility index (Phi) is 10.2. The van der Waals surface area contributed by atoms with E-state index in [1.54, 1.807) is 0 Å². The van der Waals surface area contributed by atoms with Gasteiger partial charge in [-0.1, -0.05) is 28.5 Å². The smallest absolute Gasteiger partial charge is 0.314 e. The Labute approximate surface area is 228 Å². The van der Waals surface area contributed by atoms with E-state index in [9.17, 15) is 44.1 Å². The molecule has 7 atom stereocenters. The van der Waals surface area contributed by atoms with Crippen LogP contribution in [0.25, 0.3) is 0 Å². The third-order valence-electron chi connectivity index (χ3n) is 6.27. The highest BCUT2D eigenvalue weighted by Crippen LogP contribution is 2.30. The van der Waals surface area contributed by atoms with Crippen molar-refractivity contribution in [2.45, 2.75) is 74.8 Å². The van der Waals surface area contributed by atoms with Gasteiger partial charge in [-0.2, -0.15) is 0 Å². The van der Waals surface area contributed by atoms with Gasteiger partial charge < -0.3 is 35.6 Å². The van der Waals surface area contributed by atoms with E-state index in [1.807, 2.05) is 6.92 Å². The lowest BCUT2D eigenvalue weighted by Gasteiger charge is -2.44. The molecule has 38 heavy (non-hydrogen) atoms. The summed E-state index contributed by atoms with van der Waals surface area (Å²) in [7, 11) is 2.88. The van der Waals surface area contributed by atoms with Crippen LogP contribution in [0.4, 0.5) is 0 Å². The molecule has 3 fully saturated rings. The number of amides is 5. The van der Waals surface area contributed by atoms with Crippen LogP contribution < -0.4 is 10.6 Å². The average molecular weight is 579 g/mol. The number of rotatable bonds is 13. The maximum Gasteiger partial charge on any atom is 0.314 e. The summed E-state index contributed by atoms with van der Waals surface area (Å²) in [5.74, 6) is -3.40. The number of nitrogens with one attached hydrogen (secondary N) is 2. The first-order valence-corrected chi connectivity index (χ1v) is 14.4. The van der Waals surface area contributed by atoms with Gasteiger partial charge in [0.1, 0.15) is 31.1 Å². The summed E-state index contributed by atoms with van der Waals surface area (Å²) in [6.45, 7) is 1.62. The largest absolute Gasteiger partial charge is 0.463 e. The first-order valence-electron chi connectivity index (χ1n) is 12.6. The predicted molar refractivity (Wildman–Crippen MR) is 134 cm³/mol. The molecule has 3 aliphatic heterocycles. The van der Waals surface area contributed by atoms with E-state index < -0.39 is 73.1 Å². The second kappa shape index (κ2) is 13.6. The Morgan fingerprint density at radius 3 is 2.58 bits per heavy atom. The molecule has 0 aromatic carbocycles. The number of aliphatic hydroxyl groups excluding tert-OH is 3. The van der Waals surface area contributed by atoms with Crippen LogP contribution in [0.15, 0.2) is 0 Å². The number of carbonyl (C=O) groups is 6. The van der Waals surface area contributed by atoms with E-state index in [-0.39, 0.29) is 43.5 Å². The molecule has 3 aliphatic rings. The lowest BCUT2D eigenvalue weighted by atomic mass is 9.92. The second-order valence-corrected chi connectivity index (χ2v) is 11.9. The summed E-state index contributed by atoms with van der Waals surface area (Å²) in [5.41, 5.74) is 0. The number of piperidine rings is 1. The first kappa shape index (κ1) is 28.6. The van der Waals surface area contributed by atoms with Crippen molar-refractivity contribution in [3.63, 3.8) is 0 Å². The Morgan fingerprint density at radius 2 is 1.89 bits per heavy atom. The normalized spacial score (nSPS) is 30.2. The fourth-order valence-electron chi connectivity index (χ4n) is 4.15. The van der Waals surface area contributed by atoms with Crippen molar-refractivity contribution in [2.75, 3.05) is 25.4 Å². The van der Waals surface area contributed by atoms with E-state index in [2.05, 4.69) is 10.6 Å².